The van der Waals surface area contributed by atoms with Crippen molar-refractivity contribution in [2.45, 2.75) is 33.3 Å². The Morgan fingerprint density at radius 3 is 2.61 bits per heavy atom. The van der Waals surface area contributed by atoms with Crippen molar-refractivity contribution < 1.29 is 5.11 Å². The van der Waals surface area contributed by atoms with Crippen LogP contribution >= 0.6 is 11.6 Å². The molecule has 0 spiro atoms. The van der Waals surface area contributed by atoms with Crippen LogP contribution in [0.3, 0.4) is 0 Å². The molecule has 0 radical (unpaired) electrons. The van der Waals surface area contributed by atoms with Gasteiger partial charge in [-0.05, 0) is 42.9 Å². The number of nitrogens with zero attached hydrogens (tertiary/aromatic N) is 1. The quantitative estimate of drug-likeness (QED) is 0.879. The highest BCUT2D eigenvalue weighted by Gasteiger charge is 2.24. The van der Waals surface area contributed by atoms with Crippen LogP contribution in [0.25, 0.3) is 0 Å². The molecule has 3 heteroatoms. The lowest BCUT2D eigenvalue weighted by molar-refractivity contribution is 0.199. The summed E-state index contributed by atoms with van der Waals surface area (Å²) in [4.78, 5) is 2.36. The average molecular weight is 268 g/mol. The van der Waals surface area contributed by atoms with E-state index >= 15 is 0 Å². The summed E-state index contributed by atoms with van der Waals surface area (Å²) in [6, 6.07) is 5.88. The minimum absolute atomic E-state index is 0.461. The summed E-state index contributed by atoms with van der Waals surface area (Å²) in [6.07, 6.45) is 0.757. The Kier molecular flexibility index (Phi) is 4.18. The van der Waals surface area contributed by atoms with E-state index in [-0.39, 0.29) is 0 Å². The van der Waals surface area contributed by atoms with Gasteiger partial charge in [0.15, 0.2) is 0 Å². The summed E-state index contributed by atoms with van der Waals surface area (Å²) >= 11 is 6.34. The first-order chi connectivity index (χ1) is 8.49. The SMILES string of the molecule is CC1CCN(c2ccc([C@H](C)O)cc2Cl)CC1C. The van der Waals surface area contributed by atoms with E-state index in [0.29, 0.717) is 5.92 Å². The molecule has 1 aromatic rings. The van der Waals surface area contributed by atoms with E-state index in [4.69, 9.17) is 11.6 Å². The fraction of sp³-hybridized carbons (Fsp3) is 0.600. The number of piperidine rings is 1. The molecule has 1 saturated heterocycles. The Hall–Kier alpha value is -0.730. The first-order valence-electron chi connectivity index (χ1n) is 6.71. The Balaban J connectivity index is 2.19. The number of rotatable bonds is 2. The van der Waals surface area contributed by atoms with Crippen LogP contribution in [0.2, 0.25) is 5.02 Å². The van der Waals surface area contributed by atoms with Crippen LogP contribution in [-0.2, 0) is 0 Å². The average Bonchev–Trinajstić information content (AvgIpc) is 2.32. The molecule has 2 unspecified atom stereocenters. The van der Waals surface area contributed by atoms with Crippen molar-refractivity contribution in [1.82, 2.24) is 0 Å². The fourth-order valence-electron chi connectivity index (χ4n) is 2.52. The highest BCUT2D eigenvalue weighted by atomic mass is 35.5. The van der Waals surface area contributed by atoms with E-state index in [0.717, 1.165) is 35.3 Å². The van der Waals surface area contributed by atoms with Gasteiger partial charge >= 0.3 is 0 Å². The van der Waals surface area contributed by atoms with Crippen LogP contribution in [0.5, 0.6) is 0 Å². The van der Waals surface area contributed by atoms with Gasteiger partial charge in [0.2, 0.25) is 0 Å². The van der Waals surface area contributed by atoms with Crippen molar-refractivity contribution in [2.24, 2.45) is 11.8 Å². The van der Waals surface area contributed by atoms with E-state index in [1.807, 2.05) is 18.2 Å². The van der Waals surface area contributed by atoms with Gasteiger partial charge in [0.05, 0.1) is 16.8 Å². The third-order valence-corrected chi connectivity index (χ3v) is 4.43. The van der Waals surface area contributed by atoms with E-state index in [2.05, 4.69) is 18.7 Å². The number of halogens is 1. The molecule has 1 fully saturated rings. The molecule has 0 bridgehead atoms. The molecule has 2 rings (SSSR count). The van der Waals surface area contributed by atoms with Gasteiger partial charge < -0.3 is 10.0 Å². The first kappa shape index (κ1) is 13.7. The number of aliphatic hydroxyl groups excluding tert-OH is 1. The lowest BCUT2D eigenvalue weighted by Crippen LogP contribution is -2.38. The molecule has 2 nitrogen and oxygen atoms in total. The van der Waals surface area contributed by atoms with Crippen LogP contribution in [0, 0.1) is 11.8 Å². The smallest absolute Gasteiger partial charge is 0.0762 e. The van der Waals surface area contributed by atoms with Crippen molar-refractivity contribution in [3.8, 4) is 0 Å². The molecule has 0 aliphatic carbocycles. The summed E-state index contributed by atoms with van der Waals surface area (Å²) in [5.41, 5.74) is 1.97. The standard InChI is InChI=1S/C15H22ClNO/c1-10-6-7-17(9-11(10)2)15-5-4-13(12(3)18)8-14(15)16/h4-5,8,10-12,18H,6-7,9H2,1-3H3/t10?,11?,12-/m0/s1. The molecule has 100 valence electrons. The zero-order valence-corrected chi connectivity index (χ0v) is 12.1. The minimum atomic E-state index is -0.461. The Labute approximate surface area is 115 Å². The van der Waals surface area contributed by atoms with Crippen LogP contribution in [0.1, 0.15) is 38.9 Å². The predicted octanol–water partition coefficient (Wildman–Crippen LogP) is 3.88. The maximum absolute atomic E-state index is 9.55. The summed E-state index contributed by atoms with van der Waals surface area (Å²) in [7, 11) is 0. The maximum Gasteiger partial charge on any atom is 0.0762 e. The normalized spacial score (nSPS) is 26.2. The number of hydrogen-bond acceptors (Lipinski definition) is 2. The molecule has 0 amide bonds. The second-order valence-electron chi connectivity index (χ2n) is 5.58. The van der Waals surface area contributed by atoms with Gasteiger partial charge in [-0.15, -0.1) is 0 Å². The third kappa shape index (κ3) is 2.81. The molecule has 1 heterocycles. The van der Waals surface area contributed by atoms with Crippen molar-refractivity contribution in [2.75, 3.05) is 18.0 Å². The molecule has 0 saturated carbocycles. The number of anilines is 1. The van der Waals surface area contributed by atoms with E-state index in [9.17, 15) is 5.11 Å². The third-order valence-electron chi connectivity index (χ3n) is 4.13. The molecular formula is C15H22ClNO. The number of aliphatic hydroxyl groups is 1. The van der Waals surface area contributed by atoms with Crippen LogP contribution in [0.15, 0.2) is 18.2 Å². The topological polar surface area (TPSA) is 23.5 Å². The van der Waals surface area contributed by atoms with Crippen LogP contribution < -0.4 is 4.90 Å². The van der Waals surface area contributed by atoms with Crippen LogP contribution in [-0.4, -0.2) is 18.2 Å². The monoisotopic (exact) mass is 267 g/mol. The van der Waals surface area contributed by atoms with Crippen molar-refractivity contribution in [3.63, 3.8) is 0 Å². The molecular weight excluding hydrogens is 246 g/mol. The largest absolute Gasteiger partial charge is 0.389 e. The number of benzene rings is 1. The van der Waals surface area contributed by atoms with Gasteiger partial charge in [0, 0.05) is 13.1 Å². The molecule has 1 aromatic carbocycles. The second kappa shape index (κ2) is 5.50. The van der Waals surface area contributed by atoms with Gasteiger partial charge in [-0.3, -0.25) is 0 Å². The van der Waals surface area contributed by atoms with Crippen molar-refractivity contribution >= 4 is 17.3 Å². The van der Waals surface area contributed by atoms with E-state index in [1.54, 1.807) is 6.92 Å². The minimum Gasteiger partial charge on any atom is -0.389 e. The molecule has 18 heavy (non-hydrogen) atoms. The van der Waals surface area contributed by atoms with E-state index < -0.39 is 6.10 Å². The fourth-order valence-corrected chi connectivity index (χ4v) is 2.83. The van der Waals surface area contributed by atoms with Gasteiger partial charge in [0.25, 0.3) is 0 Å². The molecule has 1 aliphatic rings. The van der Waals surface area contributed by atoms with Crippen molar-refractivity contribution in [1.29, 1.82) is 0 Å². The molecule has 0 aromatic heterocycles. The maximum atomic E-state index is 9.55. The predicted molar refractivity (Wildman–Crippen MR) is 77.2 cm³/mol. The molecule has 1 N–H and O–H groups in total. The van der Waals surface area contributed by atoms with Gasteiger partial charge in [-0.2, -0.15) is 0 Å². The summed E-state index contributed by atoms with van der Waals surface area (Å²) in [5, 5.41) is 10.3. The highest BCUT2D eigenvalue weighted by molar-refractivity contribution is 6.33. The highest BCUT2D eigenvalue weighted by Crippen LogP contribution is 2.33. The zero-order chi connectivity index (χ0) is 13.3. The van der Waals surface area contributed by atoms with Crippen LogP contribution in [0.4, 0.5) is 5.69 Å². The summed E-state index contributed by atoms with van der Waals surface area (Å²) < 4.78 is 0. The summed E-state index contributed by atoms with van der Waals surface area (Å²) in [6.45, 7) is 8.51. The van der Waals surface area contributed by atoms with Gasteiger partial charge in [0.1, 0.15) is 0 Å². The zero-order valence-electron chi connectivity index (χ0n) is 11.4. The molecule has 1 aliphatic heterocycles. The first-order valence-corrected chi connectivity index (χ1v) is 7.09. The van der Waals surface area contributed by atoms with E-state index in [1.165, 1.54) is 6.42 Å². The molecule has 3 atom stereocenters. The lowest BCUT2D eigenvalue weighted by atomic mass is 9.88. The number of hydrogen-bond donors (Lipinski definition) is 1. The Morgan fingerprint density at radius 2 is 2.06 bits per heavy atom. The lowest BCUT2D eigenvalue weighted by Gasteiger charge is -2.37. The van der Waals surface area contributed by atoms with Gasteiger partial charge in [-0.25, -0.2) is 0 Å². The van der Waals surface area contributed by atoms with Gasteiger partial charge in [-0.1, -0.05) is 31.5 Å². The van der Waals surface area contributed by atoms with Crippen molar-refractivity contribution in [3.05, 3.63) is 28.8 Å². The Bertz CT molecular complexity index is 419. The second-order valence-corrected chi connectivity index (χ2v) is 5.98. The Morgan fingerprint density at radius 1 is 1.33 bits per heavy atom. The summed E-state index contributed by atoms with van der Waals surface area (Å²) in [5.74, 6) is 1.49.